The Kier molecular flexibility index (Phi) is 7.80. The zero-order chi connectivity index (χ0) is 28.2. The van der Waals surface area contributed by atoms with Crippen LogP contribution in [0.25, 0.3) is 0 Å². The second-order valence-corrected chi connectivity index (χ2v) is 8.28. The minimum Gasteiger partial charge on any atom is -0.480 e. The molecule has 0 fully saturated rings. The summed E-state index contributed by atoms with van der Waals surface area (Å²) in [6.45, 7) is 1.77. The van der Waals surface area contributed by atoms with E-state index >= 15 is 0 Å². The SMILES string of the molecule is COC(=N)c1cc(Nc2cc(C)nc(Nc3ccc(NC(=O)Nc4ccc(Cl)c(C(F)(F)F)c4)nc3)n2)n[nH]1. The quantitative estimate of drug-likeness (QED) is 0.124. The number of rotatable bonds is 7. The van der Waals surface area contributed by atoms with Gasteiger partial charge in [0.1, 0.15) is 17.3 Å². The number of anilines is 6. The fraction of sp³-hybridized carbons (Fsp3) is 0.130. The molecule has 0 atom stereocenters. The summed E-state index contributed by atoms with van der Waals surface area (Å²) in [7, 11) is 1.38. The number of aryl methyl sites for hydroxylation is 1. The van der Waals surface area contributed by atoms with Gasteiger partial charge in [0.05, 0.1) is 29.6 Å². The lowest BCUT2D eigenvalue weighted by Crippen LogP contribution is -2.20. The van der Waals surface area contributed by atoms with E-state index in [1.165, 1.54) is 25.4 Å². The molecule has 16 heteroatoms. The van der Waals surface area contributed by atoms with Crippen molar-refractivity contribution in [3.63, 3.8) is 0 Å². The Morgan fingerprint density at radius 1 is 1.00 bits per heavy atom. The van der Waals surface area contributed by atoms with Crippen LogP contribution in [0.4, 0.5) is 52.7 Å². The monoisotopic (exact) mass is 560 g/mol. The molecule has 0 bridgehead atoms. The van der Waals surface area contributed by atoms with Gasteiger partial charge < -0.3 is 20.7 Å². The molecule has 4 rings (SSSR count). The highest BCUT2D eigenvalue weighted by atomic mass is 35.5. The number of H-pyrrole nitrogens is 1. The third-order valence-electron chi connectivity index (χ3n) is 4.93. The zero-order valence-corrected chi connectivity index (χ0v) is 21.0. The second kappa shape index (κ2) is 11.2. The molecule has 0 aliphatic heterocycles. The number of aromatic nitrogens is 5. The molecule has 4 aromatic rings. The Morgan fingerprint density at radius 3 is 2.46 bits per heavy atom. The van der Waals surface area contributed by atoms with Crippen LogP contribution in [-0.4, -0.2) is 44.2 Å². The van der Waals surface area contributed by atoms with Gasteiger partial charge in [-0.2, -0.15) is 23.3 Å². The number of alkyl halides is 3. The summed E-state index contributed by atoms with van der Waals surface area (Å²) in [4.78, 5) is 25.1. The van der Waals surface area contributed by atoms with Gasteiger partial charge >= 0.3 is 12.2 Å². The molecule has 0 saturated carbocycles. The van der Waals surface area contributed by atoms with Crippen LogP contribution in [0.3, 0.4) is 0 Å². The molecule has 2 amide bonds. The summed E-state index contributed by atoms with van der Waals surface area (Å²) >= 11 is 5.60. The number of carbonyl (C=O) groups excluding carboxylic acids is 1. The number of halogens is 4. The number of carbonyl (C=O) groups is 1. The van der Waals surface area contributed by atoms with Crippen molar-refractivity contribution in [3.05, 3.63) is 70.6 Å². The van der Waals surface area contributed by atoms with Crippen molar-refractivity contribution >= 4 is 58.3 Å². The highest BCUT2D eigenvalue weighted by molar-refractivity contribution is 6.31. The maximum Gasteiger partial charge on any atom is 0.417 e. The molecule has 0 aliphatic carbocycles. The highest BCUT2D eigenvalue weighted by Crippen LogP contribution is 2.36. The number of nitrogens with one attached hydrogen (secondary N) is 6. The molecular formula is C23H20ClF3N10O2. The third kappa shape index (κ3) is 7.10. The van der Waals surface area contributed by atoms with Gasteiger partial charge in [-0.1, -0.05) is 11.6 Å². The minimum atomic E-state index is -4.66. The van der Waals surface area contributed by atoms with Crippen LogP contribution in [0, 0.1) is 12.3 Å². The van der Waals surface area contributed by atoms with Crippen molar-refractivity contribution in [2.24, 2.45) is 0 Å². The zero-order valence-electron chi connectivity index (χ0n) is 20.2. The molecule has 6 N–H and O–H groups in total. The topological polar surface area (TPSA) is 166 Å². The highest BCUT2D eigenvalue weighted by Gasteiger charge is 2.33. The number of urea groups is 1. The van der Waals surface area contributed by atoms with E-state index in [0.29, 0.717) is 28.7 Å². The van der Waals surface area contributed by atoms with Gasteiger partial charge in [-0.25, -0.2) is 14.8 Å². The number of benzene rings is 1. The normalized spacial score (nSPS) is 11.0. The first-order valence-electron chi connectivity index (χ1n) is 11.0. The first kappa shape index (κ1) is 27.1. The molecule has 3 aromatic heterocycles. The number of methoxy groups -OCH3 is 1. The molecule has 3 heterocycles. The number of amides is 2. The lowest BCUT2D eigenvalue weighted by Gasteiger charge is -2.12. The van der Waals surface area contributed by atoms with E-state index < -0.39 is 22.8 Å². The largest absolute Gasteiger partial charge is 0.480 e. The van der Waals surface area contributed by atoms with E-state index in [1.54, 1.807) is 25.1 Å². The Labute approximate surface area is 223 Å². The maximum absolute atomic E-state index is 13.0. The van der Waals surface area contributed by atoms with Crippen molar-refractivity contribution in [2.45, 2.75) is 13.1 Å². The number of pyridine rings is 1. The first-order chi connectivity index (χ1) is 18.5. The number of ether oxygens (including phenoxy) is 1. The van der Waals surface area contributed by atoms with E-state index in [-0.39, 0.29) is 23.4 Å². The van der Waals surface area contributed by atoms with Crippen LogP contribution in [0.2, 0.25) is 5.02 Å². The van der Waals surface area contributed by atoms with E-state index in [4.69, 9.17) is 21.7 Å². The molecule has 0 spiro atoms. The minimum absolute atomic E-state index is 0.0692. The maximum atomic E-state index is 13.0. The predicted molar refractivity (Wildman–Crippen MR) is 139 cm³/mol. The fourth-order valence-corrected chi connectivity index (χ4v) is 3.43. The van der Waals surface area contributed by atoms with Crippen LogP contribution in [-0.2, 0) is 10.9 Å². The van der Waals surface area contributed by atoms with Crippen LogP contribution in [0.15, 0.2) is 48.7 Å². The lowest BCUT2D eigenvalue weighted by atomic mass is 10.2. The van der Waals surface area contributed by atoms with Gasteiger partial charge in [0.15, 0.2) is 5.82 Å². The molecule has 0 saturated heterocycles. The van der Waals surface area contributed by atoms with Crippen LogP contribution in [0.1, 0.15) is 17.0 Å². The predicted octanol–water partition coefficient (Wildman–Crippen LogP) is 5.68. The molecule has 1 aromatic carbocycles. The van der Waals surface area contributed by atoms with Crippen LogP contribution in [0.5, 0.6) is 0 Å². The van der Waals surface area contributed by atoms with Crippen molar-refractivity contribution in [3.8, 4) is 0 Å². The average molecular weight is 561 g/mol. The molecule has 0 unspecified atom stereocenters. The summed E-state index contributed by atoms with van der Waals surface area (Å²) < 4.78 is 44.0. The van der Waals surface area contributed by atoms with E-state index in [0.717, 1.165) is 12.1 Å². The van der Waals surface area contributed by atoms with Gasteiger partial charge in [-0.3, -0.25) is 15.8 Å². The van der Waals surface area contributed by atoms with Gasteiger partial charge in [-0.15, -0.1) is 0 Å². The summed E-state index contributed by atoms with van der Waals surface area (Å²) in [5.41, 5.74) is 0.381. The van der Waals surface area contributed by atoms with E-state index in [2.05, 4.69) is 46.4 Å². The molecular weight excluding hydrogens is 541 g/mol. The Morgan fingerprint density at radius 2 is 1.77 bits per heavy atom. The van der Waals surface area contributed by atoms with Crippen molar-refractivity contribution in [2.75, 3.05) is 28.4 Å². The summed E-state index contributed by atoms with van der Waals surface area (Å²) in [5.74, 6) is 1.18. The Balaban J connectivity index is 1.38. The summed E-state index contributed by atoms with van der Waals surface area (Å²) in [6.07, 6.45) is -3.25. The van der Waals surface area contributed by atoms with E-state index in [9.17, 15) is 18.0 Å². The van der Waals surface area contributed by atoms with Crippen molar-refractivity contribution in [1.29, 1.82) is 5.41 Å². The lowest BCUT2D eigenvalue weighted by molar-refractivity contribution is -0.137. The van der Waals surface area contributed by atoms with E-state index in [1.807, 2.05) is 0 Å². The smallest absolute Gasteiger partial charge is 0.417 e. The number of aromatic amines is 1. The van der Waals surface area contributed by atoms with Gasteiger partial charge in [-0.05, 0) is 37.3 Å². The summed E-state index contributed by atoms with van der Waals surface area (Å²) in [6, 6.07) is 8.61. The summed E-state index contributed by atoms with van der Waals surface area (Å²) in [5, 5.41) is 24.7. The number of nitrogens with zero attached hydrogens (tertiary/aromatic N) is 4. The molecule has 39 heavy (non-hydrogen) atoms. The van der Waals surface area contributed by atoms with Crippen molar-refractivity contribution < 1.29 is 22.7 Å². The fourth-order valence-electron chi connectivity index (χ4n) is 3.20. The van der Waals surface area contributed by atoms with Gasteiger partial charge in [0.25, 0.3) is 0 Å². The standard InChI is InChI=1S/C23H20ClF3N10O2/c1-11-7-18(33-19-9-16(36-37-19)20(28)39-2)34-21(30-11)31-13-4-6-17(29-10-13)35-22(38)32-12-3-5-15(24)14(8-12)23(25,26)27/h3-10,28H,1-2H3,(H2,29,32,35,38)(H3,30,31,33,34,36,37). The van der Waals surface area contributed by atoms with Crippen molar-refractivity contribution in [1.82, 2.24) is 25.1 Å². The number of hydrogen-bond donors (Lipinski definition) is 6. The third-order valence-corrected chi connectivity index (χ3v) is 5.26. The Hall–Kier alpha value is -4.92. The Bertz CT molecular complexity index is 1510. The van der Waals surface area contributed by atoms with Gasteiger partial charge in [0.2, 0.25) is 11.8 Å². The molecule has 0 radical (unpaired) electrons. The van der Waals surface area contributed by atoms with Crippen LogP contribution < -0.4 is 21.3 Å². The molecule has 0 aliphatic rings. The average Bonchev–Trinajstić information content (AvgIpc) is 3.33. The molecule has 12 nitrogen and oxygen atoms in total. The van der Waals surface area contributed by atoms with Gasteiger partial charge in [0, 0.05) is 23.5 Å². The number of hydrogen-bond acceptors (Lipinski definition) is 9. The second-order valence-electron chi connectivity index (χ2n) is 7.87. The molecule has 202 valence electrons. The van der Waals surface area contributed by atoms with Crippen LogP contribution >= 0.6 is 11.6 Å². The first-order valence-corrected chi connectivity index (χ1v) is 11.4.